The number of aromatic hydroxyl groups is 4. The molecule has 248 valence electrons. The molecule has 4 N–H and O–H groups in total. The van der Waals surface area contributed by atoms with Crippen LogP contribution in [-0.2, 0) is 14.1 Å². The van der Waals surface area contributed by atoms with Gasteiger partial charge in [-0.1, -0.05) is 0 Å². The maximum Gasteiger partial charge on any atom is 0.235 e. The molecule has 4 aromatic heterocycles. The molecular weight excluding hydrogens is 768 g/mol. The Kier molecular flexibility index (Phi) is 8.88. The standard InChI is InChI=1S/C17H11BrN2O4.C9H7BrN2O.C8H6O4/c1-20-7-8(14-10(18)2-3-19-17(14)20)4-13-16(23)15-11(22)5-9(21)6-12(15)24-13;1-12-4-6(5-13)8-7(10)2-3-11-9(8)12;9-4-1-5(10)8-6(11)3-12-7(8)2-4/h2-7,21-22H,1H3;2-5H,1H3;1-2,9-10H,3H2/b13-4-;;. The molecule has 0 fully saturated rings. The van der Waals surface area contributed by atoms with Crippen LogP contribution in [0.2, 0.25) is 0 Å². The summed E-state index contributed by atoms with van der Waals surface area (Å²) in [4.78, 5) is 42.8. The minimum Gasteiger partial charge on any atom is -0.508 e. The van der Waals surface area contributed by atoms with Gasteiger partial charge in [-0.2, -0.15) is 0 Å². The van der Waals surface area contributed by atoms with Crippen LogP contribution in [0.1, 0.15) is 36.6 Å². The topological polar surface area (TPSA) is 186 Å². The Hall–Kier alpha value is -5.67. The number of aryl methyl sites for hydroxylation is 2. The van der Waals surface area contributed by atoms with E-state index in [4.69, 9.17) is 14.6 Å². The molecule has 6 heterocycles. The third kappa shape index (κ3) is 6.21. The van der Waals surface area contributed by atoms with Gasteiger partial charge in [-0.05, 0) is 50.1 Å². The van der Waals surface area contributed by atoms with Crippen molar-refractivity contribution in [3.05, 3.63) is 98.1 Å². The minimum atomic E-state index is -0.431. The van der Waals surface area contributed by atoms with Gasteiger partial charge in [0.05, 0.1) is 0 Å². The van der Waals surface area contributed by atoms with Crippen LogP contribution in [0.5, 0.6) is 34.5 Å². The van der Waals surface area contributed by atoms with Crippen LogP contribution in [0.25, 0.3) is 28.1 Å². The van der Waals surface area contributed by atoms with Crippen LogP contribution in [0.3, 0.4) is 0 Å². The Labute approximate surface area is 293 Å². The van der Waals surface area contributed by atoms with Gasteiger partial charge in [0, 0.05) is 94.0 Å². The predicted octanol–water partition coefficient (Wildman–Crippen LogP) is 6.18. The molecule has 2 aliphatic heterocycles. The summed E-state index contributed by atoms with van der Waals surface area (Å²) in [7, 11) is 3.73. The molecule has 0 amide bonds. The predicted molar refractivity (Wildman–Crippen MR) is 185 cm³/mol. The Morgan fingerprint density at radius 1 is 0.776 bits per heavy atom. The fourth-order valence-corrected chi connectivity index (χ4v) is 6.46. The Morgan fingerprint density at radius 2 is 1.31 bits per heavy atom. The van der Waals surface area contributed by atoms with Crippen molar-refractivity contribution in [1.82, 2.24) is 19.1 Å². The van der Waals surface area contributed by atoms with Gasteiger partial charge in [-0.15, -0.1) is 0 Å². The number of phenols is 4. The van der Waals surface area contributed by atoms with Crippen molar-refractivity contribution < 1.29 is 44.3 Å². The number of carbonyl (C=O) groups is 3. The lowest BCUT2D eigenvalue weighted by molar-refractivity contribution is 0.0958. The molecule has 13 nitrogen and oxygen atoms in total. The molecule has 6 aromatic rings. The largest absolute Gasteiger partial charge is 0.508 e. The van der Waals surface area contributed by atoms with Crippen molar-refractivity contribution >= 4 is 77.9 Å². The van der Waals surface area contributed by atoms with E-state index < -0.39 is 5.78 Å². The molecule has 2 aromatic carbocycles. The van der Waals surface area contributed by atoms with E-state index in [1.807, 2.05) is 41.6 Å². The number of ether oxygens (including phenoxy) is 2. The number of nitrogens with zero attached hydrogens (tertiary/aromatic N) is 4. The molecule has 0 radical (unpaired) electrons. The zero-order valence-corrected chi connectivity index (χ0v) is 28.7. The van der Waals surface area contributed by atoms with Crippen LogP contribution in [0, 0.1) is 0 Å². The van der Waals surface area contributed by atoms with Crippen LogP contribution < -0.4 is 9.47 Å². The summed E-state index contributed by atoms with van der Waals surface area (Å²) in [6.45, 7) is -0.0631. The van der Waals surface area contributed by atoms with Gasteiger partial charge in [-0.25, -0.2) is 9.97 Å². The van der Waals surface area contributed by atoms with Gasteiger partial charge in [0.25, 0.3) is 0 Å². The Morgan fingerprint density at radius 3 is 1.90 bits per heavy atom. The molecule has 8 rings (SSSR count). The number of pyridine rings is 2. The number of fused-ring (bicyclic) bond motifs is 4. The SMILES string of the molecule is Cn1cc(/C=C2\Oc3cc(O)cc(O)c3C2=O)c2c(Br)ccnc21.Cn1cc(C=O)c2c(Br)ccnc21.O=C1COc2cc(O)cc(O)c21. The number of aromatic nitrogens is 4. The van der Waals surface area contributed by atoms with Crippen LogP contribution in [0.4, 0.5) is 0 Å². The van der Waals surface area contributed by atoms with E-state index in [1.54, 1.807) is 24.7 Å². The quantitative estimate of drug-likeness (QED) is 0.116. The molecule has 0 atom stereocenters. The maximum atomic E-state index is 12.5. The van der Waals surface area contributed by atoms with Gasteiger partial charge >= 0.3 is 0 Å². The molecule has 49 heavy (non-hydrogen) atoms. The first-order chi connectivity index (χ1) is 23.4. The number of aldehydes is 1. The Bertz CT molecular complexity index is 2380. The first kappa shape index (κ1) is 33.2. The lowest BCUT2D eigenvalue weighted by Gasteiger charge is -2.00. The monoisotopic (exact) mass is 790 g/mol. The van der Waals surface area contributed by atoms with Crippen LogP contribution in [-0.4, -0.2) is 64.0 Å². The summed E-state index contributed by atoms with van der Waals surface area (Å²) >= 11 is 6.88. The number of allylic oxidation sites excluding steroid dienone is 1. The minimum absolute atomic E-state index is 0.0523. The second kappa shape index (κ2) is 13.1. The molecule has 0 saturated heterocycles. The highest BCUT2D eigenvalue weighted by atomic mass is 79.9. The van der Waals surface area contributed by atoms with Crippen molar-refractivity contribution in [2.24, 2.45) is 14.1 Å². The zero-order chi connectivity index (χ0) is 35.1. The van der Waals surface area contributed by atoms with E-state index in [9.17, 15) is 29.7 Å². The smallest absolute Gasteiger partial charge is 0.235 e. The molecule has 0 unspecified atom stereocenters. The molecule has 2 aliphatic rings. The average Bonchev–Trinajstić information content (AvgIpc) is 3.77. The number of Topliss-reactive ketones (excluding diaryl/α,β-unsaturated/α-hetero) is 2. The number of benzene rings is 2. The van der Waals surface area contributed by atoms with E-state index in [0.717, 1.165) is 55.0 Å². The summed E-state index contributed by atoms with van der Waals surface area (Å²) in [5.74, 6) is -1.04. The first-order valence-corrected chi connectivity index (χ1v) is 15.8. The lowest BCUT2D eigenvalue weighted by Crippen LogP contribution is -1.98. The number of carbonyl (C=O) groups excluding carboxylic acids is 3. The van der Waals surface area contributed by atoms with E-state index in [2.05, 4.69) is 41.8 Å². The highest BCUT2D eigenvalue weighted by Gasteiger charge is 2.32. The summed E-state index contributed by atoms with van der Waals surface area (Å²) in [5.41, 5.74) is 3.21. The third-order valence-electron chi connectivity index (χ3n) is 7.53. The molecule has 0 bridgehead atoms. The van der Waals surface area contributed by atoms with Crippen molar-refractivity contribution in [2.45, 2.75) is 0 Å². The van der Waals surface area contributed by atoms with Gasteiger partial charge in [0.15, 0.2) is 18.7 Å². The number of hydrogen-bond acceptors (Lipinski definition) is 11. The van der Waals surface area contributed by atoms with Crippen molar-refractivity contribution in [3.8, 4) is 34.5 Å². The normalized spacial score (nSPS) is 13.7. The molecule has 0 saturated carbocycles. The van der Waals surface area contributed by atoms with Gasteiger partial charge in [0.2, 0.25) is 11.6 Å². The van der Waals surface area contributed by atoms with Crippen molar-refractivity contribution in [2.75, 3.05) is 6.61 Å². The Balaban J connectivity index is 0.000000140. The first-order valence-electron chi connectivity index (χ1n) is 14.2. The van der Waals surface area contributed by atoms with E-state index in [0.29, 0.717) is 5.56 Å². The second-order valence-electron chi connectivity index (χ2n) is 10.8. The van der Waals surface area contributed by atoms with Gasteiger partial charge in [-0.3, -0.25) is 14.4 Å². The second-order valence-corrected chi connectivity index (χ2v) is 12.5. The van der Waals surface area contributed by atoms with E-state index >= 15 is 0 Å². The summed E-state index contributed by atoms with van der Waals surface area (Å²) in [6.07, 6.45) is 9.46. The van der Waals surface area contributed by atoms with Crippen LogP contribution >= 0.6 is 31.9 Å². The molecular formula is C34H24Br2N4O9. The van der Waals surface area contributed by atoms with Gasteiger partial charge < -0.3 is 39.0 Å². The van der Waals surface area contributed by atoms with Gasteiger partial charge in [0.1, 0.15) is 56.9 Å². The number of phenolic OH excluding ortho intramolecular Hbond substituents is 4. The highest BCUT2D eigenvalue weighted by molar-refractivity contribution is 9.11. The van der Waals surface area contributed by atoms with E-state index in [-0.39, 0.29) is 63.8 Å². The molecule has 15 heteroatoms. The number of rotatable bonds is 2. The van der Waals surface area contributed by atoms with E-state index in [1.165, 1.54) is 12.1 Å². The van der Waals surface area contributed by atoms with Crippen molar-refractivity contribution in [3.63, 3.8) is 0 Å². The third-order valence-corrected chi connectivity index (χ3v) is 8.85. The lowest BCUT2D eigenvalue weighted by atomic mass is 10.1. The number of ketones is 2. The van der Waals surface area contributed by atoms with Crippen molar-refractivity contribution in [1.29, 1.82) is 0 Å². The highest BCUT2D eigenvalue weighted by Crippen LogP contribution is 2.41. The fourth-order valence-electron chi connectivity index (χ4n) is 5.41. The summed E-state index contributed by atoms with van der Waals surface area (Å²) in [5, 5.41) is 39.4. The number of halogens is 2. The zero-order valence-electron chi connectivity index (χ0n) is 25.5. The summed E-state index contributed by atoms with van der Waals surface area (Å²) < 4.78 is 15.9. The average molecular weight is 792 g/mol. The van der Waals surface area contributed by atoms with Crippen LogP contribution in [0.15, 0.2) is 75.9 Å². The maximum absolute atomic E-state index is 12.5. The number of hydrogen-bond donors (Lipinski definition) is 4. The summed E-state index contributed by atoms with van der Waals surface area (Å²) in [6, 6.07) is 8.48. The molecule has 0 aliphatic carbocycles. The fraction of sp³-hybridized carbons (Fsp3) is 0.0882. The molecule has 0 spiro atoms.